The van der Waals surface area contributed by atoms with Crippen molar-refractivity contribution in [2.45, 2.75) is 78.3 Å². The maximum absolute atomic E-state index is 14.4. The van der Waals surface area contributed by atoms with E-state index in [1.54, 1.807) is 12.1 Å². The fourth-order valence-corrected chi connectivity index (χ4v) is 14.1. The summed E-state index contributed by atoms with van der Waals surface area (Å²) < 4.78 is 13.9. The predicted octanol–water partition coefficient (Wildman–Crippen LogP) is 8.28. The average molecular weight is 739 g/mol. The third kappa shape index (κ3) is 6.90. The van der Waals surface area contributed by atoms with Crippen LogP contribution in [0.2, 0.25) is 11.4 Å². The van der Waals surface area contributed by atoms with Crippen LogP contribution in [0.1, 0.15) is 84.4 Å². The van der Waals surface area contributed by atoms with Crippen LogP contribution in [0.4, 0.5) is 0 Å². The molecule has 0 aromatic heterocycles. The highest BCUT2D eigenvalue weighted by Gasteiger charge is 2.55. The number of allylic oxidation sites excluding steroid dienone is 1. The van der Waals surface area contributed by atoms with Gasteiger partial charge in [0, 0.05) is 23.0 Å². The number of phenols is 1. The molecule has 4 aromatic carbocycles. The summed E-state index contributed by atoms with van der Waals surface area (Å²) in [7, 11) is -4.02. The number of hydrogen-bond donors (Lipinski definition) is 2. The number of Topliss-reactive ketones (excluding diaryl/α,β-unsaturated/α-hetero) is 2. The van der Waals surface area contributed by atoms with Gasteiger partial charge < -0.3 is 19.2 Å². The zero-order valence-corrected chi connectivity index (χ0v) is 33.3. The molecule has 0 saturated carbocycles. The predicted molar refractivity (Wildman–Crippen MR) is 219 cm³/mol. The van der Waals surface area contributed by atoms with Crippen molar-refractivity contribution in [2.75, 3.05) is 6.61 Å². The summed E-state index contributed by atoms with van der Waals surface area (Å²) in [5, 5.41) is 23.7. The zero-order valence-electron chi connectivity index (χ0n) is 32.3. The van der Waals surface area contributed by atoms with Gasteiger partial charge in [0.2, 0.25) is 0 Å². The van der Waals surface area contributed by atoms with Crippen LogP contribution in [-0.2, 0) is 9.08 Å². The van der Waals surface area contributed by atoms with Gasteiger partial charge in [-0.3, -0.25) is 9.59 Å². The molecule has 1 heterocycles. The first-order valence-electron chi connectivity index (χ1n) is 19.3. The Morgan fingerprint density at radius 3 is 2.00 bits per heavy atom. The number of ketones is 2. The number of hydrogen-bond acceptors (Lipinski definition) is 6. The molecule has 0 radical (unpaired) electrons. The molecule has 278 valence electrons. The number of aryl methyl sites for hydroxylation is 2. The topological polar surface area (TPSA) is 93.1 Å². The number of aromatic hydroxyl groups is 1. The number of phenolic OH excluding ortho intramolecular Hbond substituents is 1. The Morgan fingerprint density at radius 1 is 0.870 bits per heavy atom. The van der Waals surface area contributed by atoms with E-state index in [2.05, 4.69) is 82.3 Å². The molecular weight excluding hydrogens is 687 g/mol. The highest BCUT2D eigenvalue weighted by molar-refractivity contribution is 6.99. The summed E-state index contributed by atoms with van der Waals surface area (Å²) in [6.07, 6.45) is 3.63. The molecule has 54 heavy (non-hydrogen) atoms. The molecular formula is C46H51BO6Si. The standard InChI is InChI=1S/C46H51BO6Si/c1-29(23-32-24-30(2)43(48)31(3)25-32)21-22-40-41-33(28-52-54(46(4,5)6,34-15-9-7-10-16-34)35-17-11-8-12-18-35)26-38-42(39(41)27-47(51)53-40)45(50)37-20-14-13-19-36(37)44(38)49/h7-20,23-25,38-40,42,48,51H,21-22,26-28H2,1-6H3/b29-23+/t38-,39+,40-,42-/m1/s1. The van der Waals surface area contributed by atoms with E-state index in [-0.39, 0.29) is 28.8 Å². The van der Waals surface area contributed by atoms with Gasteiger partial charge in [0.25, 0.3) is 8.32 Å². The van der Waals surface area contributed by atoms with Crippen molar-refractivity contribution < 1.29 is 28.8 Å². The van der Waals surface area contributed by atoms with E-state index in [4.69, 9.17) is 9.08 Å². The molecule has 1 saturated heterocycles. The molecule has 0 spiro atoms. The smallest absolute Gasteiger partial charge is 0.455 e. The minimum atomic E-state index is -2.95. The summed E-state index contributed by atoms with van der Waals surface area (Å²) in [5.74, 6) is -1.17. The van der Waals surface area contributed by atoms with E-state index >= 15 is 0 Å². The maximum atomic E-state index is 14.4. The van der Waals surface area contributed by atoms with Crippen molar-refractivity contribution in [1.82, 2.24) is 0 Å². The second-order valence-corrected chi connectivity index (χ2v) is 20.9. The Kier molecular flexibility index (Phi) is 10.6. The molecule has 1 aliphatic heterocycles. The van der Waals surface area contributed by atoms with Gasteiger partial charge in [-0.25, -0.2) is 0 Å². The third-order valence-corrected chi connectivity index (χ3v) is 17.0. The Hall–Kier alpha value is -4.34. The second kappa shape index (κ2) is 15.1. The van der Waals surface area contributed by atoms with E-state index in [1.165, 1.54) is 10.4 Å². The molecule has 0 amide bonds. The van der Waals surface area contributed by atoms with Crippen LogP contribution in [-0.4, -0.2) is 49.8 Å². The first kappa shape index (κ1) is 38.0. The van der Waals surface area contributed by atoms with Gasteiger partial charge in [0.05, 0.1) is 12.7 Å². The molecule has 6 nitrogen and oxygen atoms in total. The summed E-state index contributed by atoms with van der Waals surface area (Å²) in [4.78, 5) is 28.7. The highest BCUT2D eigenvalue weighted by atomic mass is 28.4. The minimum absolute atomic E-state index is 0.00649. The Bertz CT molecular complexity index is 2060. The van der Waals surface area contributed by atoms with Gasteiger partial charge in [0.15, 0.2) is 11.6 Å². The van der Waals surface area contributed by atoms with E-state index in [0.717, 1.165) is 33.4 Å². The third-order valence-electron chi connectivity index (χ3n) is 12.0. The molecule has 0 bridgehead atoms. The van der Waals surface area contributed by atoms with E-state index in [9.17, 15) is 19.7 Å². The number of rotatable bonds is 9. The lowest BCUT2D eigenvalue weighted by Gasteiger charge is -2.48. The largest absolute Gasteiger partial charge is 0.507 e. The number of carbonyl (C=O) groups excluding carboxylic acids is 2. The van der Waals surface area contributed by atoms with Crippen molar-refractivity contribution in [1.29, 1.82) is 0 Å². The number of fused-ring (bicyclic) bond motifs is 4. The van der Waals surface area contributed by atoms with Crippen LogP contribution in [0.5, 0.6) is 5.75 Å². The minimum Gasteiger partial charge on any atom is -0.507 e. The van der Waals surface area contributed by atoms with E-state index in [0.29, 0.717) is 42.7 Å². The van der Waals surface area contributed by atoms with Crippen molar-refractivity contribution in [2.24, 2.45) is 17.8 Å². The molecule has 4 atom stereocenters. The van der Waals surface area contributed by atoms with Crippen molar-refractivity contribution in [3.8, 4) is 5.75 Å². The van der Waals surface area contributed by atoms with Crippen LogP contribution in [0.25, 0.3) is 6.08 Å². The molecule has 3 aliphatic rings. The number of carbonyl (C=O) groups is 2. The monoisotopic (exact) mass is 738 g/mol. The molecule has 7 rings (SSSR count). The lowest BCUT2D eigenvalue weighted by Crippen LogP contribution is -2.66. The zero-order chi connectivity index (χ0) is 38.4. The van der Waals surface area contributed by atoms with Gasteiger partial charge in [0.1, 0.15) is 5.75 Å². The summed E-state index contributed by atoms with van der Waals surface area (Å²) in [6.45, 7) is 13.0. The molecule has 2 N–H and O–H groups in total. The summed E-state index contributed by atoms with van der Waals surface area (Å²) in [5.41, 5.74) is 6.81. The Labute approximate surface area is 321 Å². The molecule has 8 heteroatoms. The average Bonchev–Trinajstić information content (AvgIpc) is 3.15. The van der Waals surface area contributed by atoms with Crippen molar-refractivity contribution in [3.05, 3.63) is 142 Å². The SMILES string of the molecule is C/C(=C\c1cc(C)c(O)c(C)c1)CC[C@H]1OB(O)C[C@H]2C1=C(CO[Si](c1ccccc1)(c1ccccc1)C(C)(C)C)C[C@H]1C(=O)c3ccccc3C(=O)[C@H]12. The van der Waals surface area contributed by atoms with Crippen LogP contribution in [0, 0.1) is 31.6 Å². The van der Waals surface area contributed by atoms with Crippen LogP contribution in [0.3, 0.4) is 0 Å². The quantitative estimate of drug-likeness (QED) is 0.133. The number of benzene rings is 4. The summed E-state index contributed by atoms with van der Waals surface area (Å²) in [6, 6.07) is 32.2. The maximum Gasteiger partial charge on any atom is 0.455 e. The van der Waals surface area contributed by atoms with Crippen LogP contribution >= 0.6 is 0 Å². The lowest BCUT2D eigenvalue weighted by molar-refractivity contribution is 0.0591. The van der Waals surface area contributed by atoms with E-state index < -0.39 is 33.4 Å². The fraction of sp³-hybridized carbons (Fsp3) is 0.348. The first-order chi connectivity index (χ1) is 25.8. The fourth-order valence-electron chi connectivity index (χ4n) is 9.55. The summed E-state index contributed by atoms with van der Waals surface area (Å²) >= 11 is 0. The second-order valence-electron chi connectivity index (χ2n) is 16.6. The van der Waals surface area contributed by atoms with Gasteiger partial charge in [-0.05, 0) is 108 Å². The highest BCUT2D eigenvalue weighted by Crippen LogP contribution is 2.51. The molecule has 2 aliphatic carbocycles. The van der Waals surface area contributed by atoms with Gasteiger partial charge in [-0.15, -0.1) is 0 Å². The Balaban J connectivity index is 1.31. The van der Waals surface area contributed by atoms with Crippen molar-refractivity contribution >= 4 is 43.5 Å². The Morgan fingerprint density at radius 2 is 1.43 bits per heavy atom. The molecule has 4 aromatic rings. The van der Waals surface area contributed by atoms with Crippen LogP contribution < -0.4 is 10.4 Å². The van der Waals surface area contributed by atoms with Crippen LogP contribution in [0.15, 0.2) is 114 Å². The van der Waals surface area contributed by atoms with Gasteiger partial charge >= 0.3 is 7.12 Å². The normalized spacial score (nSPS) is 21.8. The van der Waals surface area contributed by atoms with Gasteiger partial charge in [-0.1, -0.05) is 117 Å². The molecule has 0 unspecified atom stereocenters. The molecule has 1 fully saturated rings. The lowest BCUT2D eigenvalue weighted by atomic mass is 9.54. The van der Waals surface area contributed by atoms with Crippen molar-refractivity contribution in [3.63, 3.8) is 0 Å². The van der Waals surface area contributed by atoms with E-state index in [1.807, 2.05) is 50.2 Å². The first-order valence-corrected chi connectivity index (χ1v) is 21.2. The van der Waals surface area contributed by atoms with Gasteiger partial charge in [-0.2, -0.15) is 0 Å².